The van der Waals surface area contributed by atoms with Gasteiger partial charge < -0.3 is 9.72 Å². The van der Waals surface area contributed by atoms with E-state index < -0.39 is 0 Å². The molecule has 0 fully saturated rings. The van der Waals surface area contributed by atoms with Gasteiger partial charge in [0.2, 0.25) is 0 Å². The lowest BCUT2D eigenvalue weighted by Gasteiger charge is -2.38. The van der Waals surface area contributed by atoms with Gasteiger partial charge in [0.1, 0.15) is 11.5 Å². The normalized spacial score (nSPS) is 21.0. The number of aromatic amines is 1. The minimum atomic E-state index is -0.100. The van der Waals surface area contributed by atoms with Crippen molar-refractivity contribution in [1.29, 1.82) is 0 Å². The van der Waals surface area contributed by atoms with E-state index in [1.807, 2.05) is 30.5 Å². The van der Waals surface area contributed by atoms with Crippen LogP contribution >= 0.6 is 15.9 Å². The van der Waals surface area contributed by atoms with Crippen LogP contribution in [0.3, 0.4) is 0 Å². The summed E-state index contributed by atoms with van der Waals surface area (Å²) >= 11 is 3.59. The predicted molar refractivity (Wildman–Crippen MR) is 110 cm³/mol. The molecule has 2 aliphatic rings. The van der Waals surface area contributed by atoms with Crippen LogP contribution in [-0.4, -0.2) is 10.8 Å². The highest BCUT2D eigenvalue weighted by Gasteiger charge is 2.42. The highest BCUT2D eigenvalue weighted by Crippen LogP contribution is 2.51. The summed E-state index contributed by atoms with van der Waals surface area (Å²) < 4.78 is 7.27. The lowest BCUT2D eigenvalue weighted by Crippen LogP contribution is -2.32. The molecule has 1 aromatic heterocycles. The Bertz CT molecular complexity index is 1120. The average Bonchev–Trinajstić information content (AvgIpc) is 3.01. The maximum atomic E-state index is 13.2. The summed E-state index contributed by atoms with van der Waals surface area (Å²) in [5.74, 6) is 1.79. The minimum Gasteiger partial charge on any atom is -0.461 e. The van der Waals surface area contributed by atoms with Crippen LogP contribution in [0.5, 0.6) is 5.75 Å². The largest absolute Gasteiger partial charge is 0.461 e. The van der Waals surface area contributed by atoms with Crippen LogP contribution in [0.25, 0.3) is 10.9 Å². The van der Waals surface area contributed by atoms with Gasteiger partial charge >= 0.3 is 0 Å². The Morgan fingerprint density at radius 1 is 1.11 bits per heavy atom. The highest BCUT2D eigenvalue weighted by molar-refractivity contribution is 9.10. The first kappa shape index (κ1) is 16.8. The van der Waals surface area contributed by atoms with Gasteiger partial charge in [-0.05, 0) is 35.2 Å². The number of para-hydroxylation sites is 1. The molecule has 0 bridgehead atoms. The van der Waals surface area contributed by atoms with Crippen molar-refractivity contribution in [3.05, 3.63) is 75.6 Å². The third-order valence-electron chi connectivity index (χ3n) is 5.62. The van der Waals surface area contributed by atoms with E-state index >= 15 is 0 Å². The number of hydrogen-bond acceptors (Lipinski definition) is 2. The molecule has 27 heavy (non-hydrogen) atoms. The molecule has 136 valence electrons. The van der Waals surface area contributed by atoms with E-state index in [9.17, 15) is 4.79 Å². The van der Waals surface area contributed by atoms with Crippen LogP contribution in [-0.2, 0) is 4.79 Å². The molecule has 1 unspecified atom stereocenters. The molecule has 0 amide bonds. The van der Waals surface area contributed by atoms with Crippen LogP contribution in [0, 0.1) is 5.41 Å². The Morgan fingerprint density at radius 2 is 1.93 bits per heavy atom. The fraction of sp³-hybridized carbons (Fsp3) is 0.261. The van der Waals surface area contributed by atoms with Crippen LogP contribution in [0.15, 0.2) is 64.5 Å². The molecule has 3 aromatic rings. The molecule has 3 nitrogen and oxygen atoms in total. The van der Waals surface area contributed by atoms with Crippen molar-refractivity contribution in [2.24, 2.45) is 5.41 Å². The first-order chi connectivity index (χ1) is 12.9. The fourth-order valence-corrected chi connectivity index (χ4v) is 4.83. The van der Waals surface area contributed by atoms with Gasteiger partial charge in [-0.1, -0.05) is 48.0 Å². The van der Waals surface area contributed by atoms with Gasteiger partial charge in [0.15, 0.2) is 5.78 Å². The molecule has 0 saturated carbocycles. The van der Waals surface area contributed by atoms with E-state index in [2.05, 4.69) is 53.0 Å². The van der Waals surface area contributed by atoms with E-state index in [-0.39, 0.29) is 17.1 Å². The monoisotopic (exact) mass is 421 g/mol. The molecule has 0 saturated heterocycles. The van der Waals surface area contributed by atoms with Crippen molar-refractivity contribution in [2.45, 2.75) is 32.6 Å². The standard InChI is InChI=1S/C23H20BrNO2/c1-23(2)10-18(26)22-20(11-23)27-19-6-4-3-5-14(19)21(22)16-12-25-17-8-7-13(24)9-15(16)17/h3-9,12,21,25H,10-11H2,1-2H3. The number of benzene rings is 2. The second kappa shape index (κ2) is 5.83. The van der Waals surface area contributed by atoms with Gasteiger partial charge in [0.25, 0.3) is 0 Å². The number of carbonyl (C=O) groups is 1. The number of Topliss-reactive ketones (excluding diaryl/α,β-unsaturated/α-hetero) is 1. The molecule has 1 aliphatic heterocycles. The molecule has 0 spiro atoms. The molecule has 5 rings (SSSR count). The lowest BCUT2D eigenvalue weighted by molar-refractivity contribution is -0.118. The van der Waals surface area contributed by atoms with Crippen LogP contribution < -0.4 is 4.74 Å². The summed E-state index contributed by atoms with van der Waals surface area (Å²) in [7, 11) is 0. The van der Waals surface area contributed by atoms with Gasteiger partial charge in [-0.3, -0.25) is 4.79 Å². The van der Waals surface area contributed by atoms with Crippen molar-refractivity contribution in [3.8, 4) is 5.75 Å². The van der Waals surface area contributed by atoms with Crippen molar-refractivity contribution < 1.29 is 9.53 Å². The Kier molecular flexibility index (Phi) is 3.63. The zero-order valence-electron chi connectivity index (χ0n) is 15.3. The molecule has 2 aromatic carbocycles. The van der Waals surface area contributed by atoms with Crippen molar-refractivity contribution >= 4 is 32.6 Å². The molecule has 0 radical (unpaired) electrons. The molecule has 1 aliphatic carbocycles. The SMILES string of the molecule is CC1(C)CC(=O)C2=C(C1)Oc1ccccc1C2c1c[nH]c2ccc(Br)cc12. The van der Waals surface area contributed by atoms with E-state index in [1.54, 1.807) is 0 Å². The predicted octanol–water partition coefficient (Wildman–Crippen LogP) is 6.10. The van der Waals surface area contributed by atoms with E-state index in [0.29, 0.717) is 6.42 Å². The number of allylic oxidation sites excluding steroid dienone is 2. The molecular formula is C23H20BrNO2. The smallest absolute Gasteiger partial charge is 0.163 e. The number of halogens is 1. The molecule has 4 heteroatoms. The number of aromatic nitrogens is 1. The number of rotatable bonds is 1. The topological polar surface area (TPSA) is 42.1 Å². The molecule has 1 atom stereocenters. The van der Waals surface area contributed by atoms with Gasteiger partial charge in [-0.2, -0.15) is 0 Å². The summed E-state index contributed by atoms with van der Waals surface area (Å²) in [6.45, 7) is 4.27. The summed E-state index contributed by atoms with van der Waals surface area (Å²) in [5, 5.41) is 1.13. The maximum Gasteiger partial charge on any atom is 0.163 e. The first-order valence-corrected chi connectivity index (χ1v) is 10.0. The summed E-state index contributed by atoms with van der Waals surface area (Å²) in [6, 6.07) is 14.3. The van der Waals surface area contributed by atoms with Gasteiger partial charge in [-0.15, -0.1) is 0 Å². The maximum absolute atomic E-state index is 13.2. The Hall–Kier alpha value is -2.33. The van der Waals surface area contributed by atoms with Crippen LogP contribution in [0.2, 0.25) is 0 Å². The van der Waals surface area contributed by atoms with Crippen molar-refractivity contribution in [3.63, 3.8) is 0 Å². The quantitative estimate of drug-likeness (QED) is 0.515. The molecular weight excluding hydrogens is 402 g/mol. The Labute approximate surface area is 166 Å². The summed E-state index contributed by atoms with van der Waals surface area (Å²) in [5.41, 5.74) is 4.01. The third kappa shape index (κ3) is 2.66. The first-order valence-electron chi connectivity index (χ1n) is 9.22. The van der Waals surface area contributed by atoms with Gasteiger partial charge in [0.05, 0.1) is 0 Å². The van der Waals surface area contributed by atoms with Crippen molar-refractivity contribution in [2.75, 3.05) is 0 Å². The Morgan fingerprint density at radius 3 is 2.78 bits per heavy atom. The number of fused-ring (bicyclic) bond motifs is 2. The number of hydrogen-bond donors (Lipinski definition) is 1. The fourth-order valence-electron chi connectivity index (χ4n) is 4.47. The summed E-state index contributed by atoms with van der Waals surface area (Å²) in [4.78, 5) is 16.6. The number of H-pyrrole nitrogens is 1. The zero-order chi connectivity index (χ0) is 18.8. The molecule has 2 heterocycles. The third-order valence-corrected chi connectivity index (χ3v) is 6.11. The van der Waals surface area contributed by atoms with Gasteiger partial charge in [0, 0.05) is 51.5 Å². The van der Waals surface area contributed by atoms with Crippen LogP contribution in [0.1, 0.15) is 43.7 Å². The van der Waals surface area contributed by atoms with Crippen molar-refractivity contribution in [1.82, 2.24) is 4.98 Å². The average molecular weight is 422 g/mol. The van der Waals surface area contributed by atoms with E-state index in [0.717, 1.165) is 50.0 Å². The zero-order valence-corrected chi connectivity index (χ0v) is 16.9. The second-order valence-corrected chi connectivity index (χ2v) is 9.20. The molecule has 1 N–H and O–H groups in total. The lowest BCUT2D eigenvalue weighted by atomic mass is 9.70. The number of ketones is 1. The number of nitrogens with one attached hydrogen (secondary N) is 1. The second-order valence-electron chi connectivity index (χ2n) is 8.28. The van der Waals surface area contributed by atoms with Gasteiger partial charge in [-0.25, -0.2) is 0 Å². The number of carbonyl (C=O) groups excluding carboxylic acids is 1. The summed E-state index contributed by atoms with van der Waals surface area (Å²) in [6.07, 6.45) is 3.38. The minimum absolute atomic E-state index is 0.0734. The number of ether oxygens (including phenoxy) is 1. The van der Waals surface area contributed by atoms with E-state index in [1.165, 1.54) is 0 Å². The van der Waals surface area contributed by atoms with Crippen LogP contribution in [0.4, 0.5) is 0 Å². The Balaban J connectivity index is 1.78. The van der Waals surface area contributed by atoms with E-state index in [4.69, 9.17) is 4.74 Å². The highest BCUT2D eigenvalue weighted by atomic mass is 79.9.